The molecule has 2 unspecified atom stereocenters. The van der Waals surface area contributed by atoms with Gasteiger partial charge in [-0.3, -0.25) is 0 Å². The quantitative estimate of drug-likeness (QED) is 0.511. The topological polar surface area (TPSA) is 86.2 Å². The van der Waals surface area contributed by atoms with Crippen molar-refractivity contribution in [2.24, 2.45) is 11.5 Å². The summed E-state index contributed by atoms with van der Waals surface area (Å²) in [6.07, 6.45) is 4.02. The van der Waals surface area contributed by atoms with E-state index in [9.17, 15) is 9.59 Å². The fourth-order valence-electron chi connectivity index (χ4n) is 0.901. The van der Waals surface area contributed by atoms with Crippen LogP contribution in [0.1, 0.15) is 25.7 Å². The van der Waals surface area contributed by atoms with Gasteiger partial charge in [-0.05, 0) is 19.3 Å². The molecule has 0 saturated carbocycles. The molecule has 0 rings (SSSR count). The van der Waals surface area contributed by atoms with Crippen LogP contribution in [0.4, 0.5) is 0 Å². The van der Waals surface area contributed by atoms with Crippen LogP contribution in [0.5, 0.6) is 0 Å². The molecule has 0 aromatic carbocycles. The van der Waals surface area contributed by atoms with Crippen LogP contribution in [0.25, 0.3) is 0 Å². The number of aldehydes is 2. The summed E-state index contributed by atoms with van der Waals surface area (Å²) in [5, 5.41) is 0. The Morgan fingerprint density at radius 1 is 1.08 bits per heavy atom. The molecule has 0 aromatic rings. The summed E-state index contributed by atoms with van der Waals surface area (Å²) < 4.78 is 0. The predicted molar refractivity (Wildman–Crippen MR) is 46.5 cm³/mol. The zero-order valence-corrected chi connectivity index (χ0v) is 7.11. The molecule has 0 aliphatic heterocycles. The zero-order valence-electron chi connectivity index (χ0n) is 7.11. The maximum absolute atomic E-state index is 10.1. The number of hydrogen-bond acceptors (Lipinski definition) is 4. The second-order valence-electron chi connectivity index (χ2n) is 2.88. The number of carbonyl (C=O) groups is 2. The Balaban J connectivity index is 3.35. The van der Waals surface area contributed by atoms with E-state index in [0.29, 0.717) is 32.0 Å². The summed E-state index contributed by atoms with van der Waals surface area (Å²) in [4.78, 5) is 20.1. The normalized spacial score (nSPS) is 15.2. The molecular weight excluding hydrogens is 156 g/mol. The molecule has 70 valence electrons. The van der Waals surface area contributed by atoms with Gasteiger partial charge >= 0.3 is 0 Å². The lowest BCUT2D eigenvalue weighted by Crippen LogP contribution is -2.27. The molecule has 0 aliphatic rings. The largest absolute Gasteiger partial charge is 0.328 e. The Kier molecular flexibility index (Phi) is 6.51. The smallest absolute Gasteiger partial charge is 0.136 e. The summed E-state index contributed by atoms with van der Waals surface area (Å²) >= 11 is 0. The van der Waals surface area contributed by atoms with Crippen molar-refractivity contribution in [2.45, 2.75) is 37.8 Å². The predicted octanol–water partition coefficient (Wildman–Crippen LogP) is -0.401. The van der Waals surface area contributed by atoms with Gasteiger partial charge in [0.05, 0.1) is 6.04 Å². The van der Waals surface area contributed by atoms with Crippen LogP contribution < -0.4 is 11.5 Å². The molecule has 0 radical (unpaired) electrons. The van der Waals surface area contributed by atoms with E-state index in [1.165, 1.54) is 0 Å². The molecule has 4 nitrogen and oxygen atoms in total. The van der Waals surface area contributed by atoms with Crippen molar-refractivity contribution in [1.82, 2.24) is 0 Å². The first kappa shape index (κ1) is 11.3. The van der Waals surface area contributed by atoms with E-state index in [1.807, 2.05) is 0 Å². The minimum Gasteiger partial charge on any atom is -0.328 e. The summed E-state index contributed by atoms with van der Waals surface area (Å²) in [7, 11) is 0. The van der Waals surface area contributed by atoms with Crippen molar-refractivity contribution in [1.29, 1.82) is 0 Å². The highest BCUT2D eigenvalue weighted by molar-refractivity contribution is 5.56. The van der Waals surface area contributed by atoms with Crippen molar-refractivity contribution < 1.29 is 9.59 Å². The van der Waals surface area contributed by atoms with Gasteiger partial charge in [0.15, 0.2) is 0 Å². The summed E-state index contributed by atoms with van der Waals surface area (Å²) in [5.41, 5.74) is 11.0. The molecule has 4 N–H and O–H groups in total. The lowest BCUT2D eigenvalue weighted by molar-refractivity contribution is -0.109. The van der Waals surface area contributed by atoms with Crippen molar-refractivity contribution in [2.75, 3.05) is 0 Å². The second kappa shape index (κ2) is 6.94. The highest BCUT2D eigenvalue weighted by Crippen LogP contribution is 2.01. The maximum Gasteiger partial charge on any atom is 0.136 e. The van der Waals surface area contributed by atoms with Crippen molar-refractivity contribution >= 4 is 12.6 Å². The molecule has 0 aliphatic carbocycles. The highest BCUT2D eigenvalue weighted by Gasteiger charge is 2.05. The standard InChI is InChI=1S/C8H16N2O2/c9-7(2-1-5-11)3-4-8(10)6-12/h5-8H,1-4,9-10H2. The van der Waals surface area contributed by atoms with Gasteiger partial charge in [-0.2, -0.15) is 0 Å². The van der Waals surface area contributed by atoms with E-state index < -0.39 is 6.04 Å². The fraction of sp³-hybridized carbons (Fsp3) is 0.750. The molecule has 12 heavy (non-hydrogen) atoms. The number of nitrogens with two attached hydrogens (primary N) is 2. The molecule has 4 heteroatoms. The van der Waals surface area contributed by atoms with Gasteiger partial charge in [0.1, 0.15) is 12.6 Å². The first-order valence-electron chi connectivity index (χ1n) is 4.10. The lowest BCUT2D eigenvalue weighted by atomic mass is 10.0. The van der Waals surface area contributed by atoms with E-state index in [4.69, 9.17) is 11.5 Å². The minimum absolute atomic E-state index is 0.0128. The van der Waals surface area contributed by atoms with Gasteiger partial charge in [0.25, 0.3) is 0 Å². The molecule has 0 aromatic heterocycles. The van der Waals surface area contributed by atoms with Gasteiger partial charge in [0, 0.05) is 12.5 Å². The molecule has 0 saturated heterocycles. The zero-order chi connectivity index (χ0) is 9.40. The fourth-order valence-corrected chi connectivity index (χ4v) is 0.901. The van der Waals surface area contributed by atoms with Crippen molar-refractivity contribution in [3.05, 3.63) is 0 Å². The van der Waals surface area contributed by atoms with Crippen LogP contribution in [0, 0.1) is 0 Å². The Morgan fingerprint density at radius 3 is 2.25 bits per heavy atom. The highest BCUT2D eigenvalue weighted by atomic mass is 16.1. The molecule has 0 heterocycles. The Morgan fingerprint density at radius 2 is 1.75 bits per heavy atom. The van der Waals surface area contributed by atoms with Crippen LogP contribution >= 0.6 is 0 Å². The third-order valence-electron chi connectivity index (χ3n) is 1.70. The van der Waals surface area contributed by atoms with Gasteiger partial charge in [-0.1, -0.05) is 0 Å². The van der Waals surface area contributed by atoms with E-state index in [1.54, 1.807) is 0 Å². The second-order valence-corrected chi connectivity index (χ2v) is 2.88. The molecule has 0 fully saturated rings. The summed E-state index contributed by atoms with van der Waals surface area (Å²) in [5.74, 6) is 0. The SMILES string of the molecule is NC(C=O)CCC(N)CCC=O. The minimum atomic E-state index is -0.410. The van der Waals surface area contributed by atoms with E-state index >= 15 is 0 Å². The molecular formula is C8H16N2O2. The van der Waals surface area contributed by atoms with Crippen LogP contribution in [0.2, 0.25) is 0 Å². The first-order valence-corrected chi connectivity index (χ1v) is 4.10. The monoisotopic (exact) mass is 172 g/mol. The van der Waals surface area contributed by atoms with Gasteiger partial charge in [-0.15, -0.1) is 0 Å². The number of carbonyl (C=O) groups excluding carboxylic acids is 2. The van der Waals surface area contributed by atoms with Crippen LogP contribution in [-0.4, -0.2) is 24.7 Å². The van der Waals surface area contributed by atoms with E-state index in [-0.39, 0.29) is 6.04 Å². The van der Waals surface area contributed by atoms with Gasteiger partial charge in [-0.25, -0.2) is 0 Å². The van der Waals surface area contributed by atoms with Crippen LogP contribution in [0.15, 0.2) is 0 Å². The van der Waals surface area contributed by atoms with Gasteiger partial charge in [0.2, 0.25) is 0 Å². The third kappa shape index (κ3) is 6.00. The first-order chi connectivity index (χ1) is 5.70. The molecule has 2 atom stereocenters. The van der Waals surface area contributed by atoms with Crippen LogP contribution in [-0.2, 0) is 9.59 Å². The molecule has 0 amide bonds. The van der Waals surface area contributed by atoms with E-state index in [2.05, 4.69) is 0 Å². The average Bonchev–Trinajstić information content (AvgIpc) is 2.10. The molecule has 0 bridgehead atoms. The van der Waals surface area contributed by atoms with Crippen molar-refractivity contribution in [3.8, 4) is 0 Å². The lowest BCUT2D eigenvalue weighted by Gasteiger charge is -2.10. The van der Waals surface area contributed by atoms with Crippen LogP contribution in [0.3, 0.4) is 0 Å². The number of hydrogen-bond donors (Lipinski definition) is 2. The Labute approximate surface area is 72.3 Å². The number of rotatable bonds is 7. The van der Waals surface area contributed by atoms with Gasteiger partial charge < -0.3 is 21.1 Å². The summed E-state index contributed by atoms with van der Waals surface area (Å²) in [6, 6.07) is -0.423. The third-order valence-corrected chi connectivity index (χ3v) is 1.70. The average molecular weight is 172 g/mol. The van der Waals surface area contributed by atoms with E-state index in [0.717, 1.165) is 6.29 Å². The Hall–Kier alpha value is -0.740. The molecule has 0 spiro atoms. The Bertz CT molecular complexity index is 139. The maximum atomic E-state index is 10.1. The summed E-state index contributed by atoms with van der Waals surface area (Å²) in [6.45, 7) is 0. The van der Waals surface area contributed by atoms with Crippen molar-refractivity contribution in [3.63, 3.8) is 0 Å².